The molecule has 1 unspecified atom stereocenters. The first kappa shape index (κ1) is 11.2. The van der Waals surface area contributed by atoms with Gasteiger partial charge in [-0.15, -0.1) is 0 Å². The highest BCUT2D eigenvalue weighted by Crippen LogP contribution is 2.19. The van der Waals surface area contributed by atoms with Crippen LogP contribution in [0.1, 0.15) is 17.2 Å². The molecule has 0 spiro atoms. The van der Waals surface area contributed by atoms with Gasteiger partial charge in [0.15, 0.2) is 0 Å². The number of carboxylic acids is 1. The van der Waals surface area contributed by atoms with Gasteiger partial charge in [-0.2, -0.15) is 5.26 Å². The number of nitriles is 1. The molecule has 1 atom stereocenters. The maximum absolute atomic E-state index is 11.0. The van der Waals surface area contributed by atoms with Gasteiger partial charge in [0.2, 0.25) is 0 Å². The summed E-state index contributed by atoms with van der Waals surface area (Å²) in [4.78, 5) is 12.6. The van der Waals surface area contributed by atoms with Gasteiger partial charge in [-0.05, 0) is 31.8 Å². The first-order valence-corrected chi connectivity index (χ1v) is 4.45. The molecular formula is C11H12N2O2. The Hall–Kier alpha value is -1.86. The highest BCUT2D eigenvalue weighted by atomic mass is 16.4. The Morgan fingerprint density at radius 3 is 2.67 bits per heavy atom. The Labute approximate surface area is 88.4 Å². The lowest BCUT2D eigenvalue weighted by molar-refractivity contribution is -0.142. The van der Waals surface area contributed by atoms with E-state index in [4.69, 9.17) is 10.4 Å². The van der Waals surface area contributed by atoms with Crippen LogP contribution in [0.4, 0.5) is 0 Å². The molecule has 1 aromatic rings. The number of nitrogens with zero attached hydrogens (tertiary/aromatic N) is 2. The molecule has 0 aliphatic carbocycles. The third kappa shape index (κ3) is 2.55. The molecule has 1 aromatic carbocycles. The minimum absolute atomic E-state index is 0.473. The number of carbonyl (C=O) groups is 1. The van der Waals surface area contributed by atoms with Gasteiger partial charge in [-0.3, -0.25) is 9.69 Å². The topological polar surface area (TPSA) is 64.3 Å². The fourth-order valence-corrected chi connectivity index (χ4v) is 1.44. The summed E-state index contributed by atoms with van der Waals surface area (Å²) in [7, 11) is 3.38. The summed E-state index contributed by atoms with van der Waals surface area (Å²) in [5, 5.41) is 17.7. The molecule has 0 amide bonds. The summed E-state index contributed by atoms with van der Waals surface area (Å²) >= 11 is 0. The van der Waals surface area contributed by atoms with Crippen LogP contribution in [0.3, 0.4) is 0 Å². The van der Waals surface area contributed by atoms with Crippen molar-refractivity contribution in [3.8, 4) is 6.07 Å². The van der Waals surface area contributed by atoms with Crippen LogP contribution in [0.2, 0.25) is 0 Å². The Balaban J connectivity index is 3.12. The summed E-state index contributed by atoms with van der Waals surface area (Å²) < 4.78 is 0. The van der Waals surface area contributed by atoms with Gasteiger partial charge in [0, 0.05) is 0 Å². The van der Waals surface area contributed by atoms with Crippen molar-refractivity contribution in [1.29, 1.82) is 5.26 Å². The van der Waals surface area contributed by atoms with Crippen LogP contribution in [0.15, 0.2) is 24.3 Å². The number of benzene rings is 1. The predicted octanol–water partition coefficient (Wildman–Crippen LogP) is 1.25. The molecule has 0 aliphatic heterocycles. The van der Waals surface area contributed by atoms with Crippen molar-refractivity contribution in [2.75, 3.05) is 14.1 Å². The van der Waals surface area contributed by atoms with Crippen LogP contribution >= 0.6 is 0 Å². The molecule has 1 rings (SSSR count). The van der Waals surface area contributed by atoms with Crippen molar-refractivity contribution in [2.24, 2.45) is 0 Å². The van der Waals surface area contributed by atoms with Crippen LogP contribution in [0, 0.1) is 11.3 Å². The molecular weight excluding hydrogens is 192 g/mol. The van der Waals surface area contributed by atoms with E-state index in [1.165, 1.54) is 0 Å². The lowest BCUT2D eigenvalue weighted by Crippen LogP contribution is -2.27. The number of likely N-dealkylation sites (N-methyl/N-ethyl adjacent to an activating group) is 1. The molecule has 0 radical (unpaired) electrons. The van der Waals surface area contributed by atoms with Crippen molar-refractivity contribution in [3.05, 3.63) is 35.4 Å². The minimum atomic E-state index is -0.921. The summed E-state index contributed by atoms with van der Waals surface area (Å²) in [6.07, 6.45) is 0. The normalized spacial score (nSPS) is 12.1. The molecule has 0 heterocycles. The molecule has 0 saturated carbocycles. The van der Waals surface area contributed by atoms with Crippen molar-refractivity contribution in [2.45, 2.75) is 6.04 Å². The predicted molar refractivity (Wildman–Crippen MR) is 55.2 cm³/mol. The van der Waals surface area contributed by atoms with Crippen LogP contribution in [0.25, 0.3) is 0 Å². The third-order valence-corrected chi connectivity index (χ3v) is 2.08. The largest absolute Gasteiger partial charge is 0.480 e. The zero-order chi connectivity index (χ0) is 11.4. The third-order valence-electron chi connectivity index (χ3n) is 2.08. The zero-order valence-electron chi connectivity index (χ0n) is 8.64. The van der Waals surface area contributed by atoms with Crippen molar-refractivity contribution in [1.82, 2.24) is 4.90 Å². The SMILES string of the molecule is CN(C)C(C(=O)O)c1cccc(C#N)c1. The second-order valence-electron chi connectivity index (χ2n) is 3.44. The fraction of sp³-hybridized carbons (Fsp3) is 0.273. The van der Waals surface area contributed by atoms with Gasteiger partial charge < -0.3 is 5.11 Å². The molecule has 0 fully saturated rings. The van der Waals surface area contributed by atoms with Crippen molar-refractivity contribution < 1.29 is 9.90 Å². The van der Waals surface area contributed by atoms with E-state index in [0.717, 1.165) is 0 Å². The molecule has 4 nitrogen and oxygen atoms in total. The Kier molecular flexibility index (Phi) is 3.42. The minimum Gasteiger partial charge on any atom is -0.480 e. The highest BCUT2D eigenvalue weighted by molar-refractivity contribution is 5.75. The van der Waals surface area contributed by atoms with Crippen LogP contribution in [-0.2, 0) is 4.79 Å². The number of hydrogen-bond acceptors (Lipinski definition) is 3. The molecule has 4 heteroatoms. The Morgan fingerprint density at radius 2 is 2.20 bits per heavy atom. The highest BCUT2D eigenvalue weighted by Gasteiger charge is 2.21. The van der Waals surface area contributed by atoms with Gasteiger partial charge in [0.1, 0.15) is 6.04 Å². The smallest absolute Gasteiger partial charge is 0.325 e. The van der Waals surface area contributed by atoms with Crippen LogP contribution < -0.4 is 0 Å². The van der Waals surface area contributed by atoms with E-state index in [2.05, 4.69) is 0 Å². The maximum atomic E-state index is 11.0. The molecule has 0 aromatic heterocycles. The number of hydrogen-bond donors (Lipinski definition) is 1. The van der Waals surface area contributed by atoms with E-state index >= 15 is 0 Å². The van der Waals surface area contributed by atoms with Gasteiger partial charge >= 0.3 is 5.97 Å². The average Bonchev–Trinajstić information content (AvgIpc) is 2.17. The number of aliphatic carboxylic acids is 1. The van der Waals surface area contributed by atoms with Gasteiger partial charge in [0.05, 0.1) is 11.6 Å². The molecule has 0 bridgehead atoms. The number of carboxylic acid groups (broad SMARTS) is 1. The molecule has 1 N–H and O–H groups in total. The van der Waals surface area contributed by atoms with Gasteiger partial charge in [-0.1, -0.05) is 12.1 Å². The summed E-state index contributed by atoms with van der Waals surface area (Å²) in [6, 6.07) is 7.92. The first-order valence-electron chi connectivity index (χ1n) is 4.45. The quantitative estimate of drug-likeness (QED) is 0.804. The van der Waals surface area contributed by atoms with Crippen molar-refractivity contribution >= 4 is 5.97 Å². The molecule has 78 valence electrons. The molecule has 15 heavy (non-hydrogen) atoms. The summed E-state index contributed by atoms with van der Waals surface area (Å²) in [6.45, 7) is 0. The summed E-state index contributed by atoms with van der Waals surface area (Å²) in [5.41, 5.74) is 1.09. The standard InChI is InChI=1S/C11H12N2O2/c1-13(2)10(11(14)15)9-5-3-4-8(6-9)7-12/h3-6,10H,1-2H3,(H,14,15). The second kappa shape index (κ2) is 4.58. The molecule has 0 saturated heterocycles. The first-order chi connectivity index (χ1) is 7.06. The molecule has 0 aliphatic rings. The second-order valence-corrected chi connectivity index (χ2v) is 3.44. The Morgan fingerprint density at radius 1 is 1.53 bits per heavy atom. The number of rotatable bonds is 3. The van der Waals surface area contributed by atoms with E-state index in [1.54, 1.807) is 43.3 Å². The van der Waals surface area contributed by atoms with E-state index < -0.39 is 12.0 Å². The van der Waals surface area contributed by atoms with Gasteiger partial charge in [-0.25, -0.2) is 0 Å². The fourth-order valence-electron chi connectivity index (χ4n) is 1.44. The van der Waals surface area contributed by atoms with Crippen LogP contribution in [-0.4, -0.2) is 30.1 Å². The van der Waals surface area contributed by atoms with Crippen molar-refractivity contribution in [3.63, 3.8) is 0 Å². The van der Waals surface area contributed by atoms with E-state index in [0.29, 0.717) is 11.1 Å². The maximum Gasteiger partial charge on any atom is 0.325 e. The van der Waals surface area contributed by atoms with E-state index in [1.807, 2.05) is 6.07 Å². The Bertz CT molecular complexity index is 407. The van der Waals surface area contributed by atoms with Gasteiger partial charge in [0.25, 0.3) is 0 Å². The van der Waals surface area contributed by atoms with Crippen LogP contribution in [0.5, 0.6) is 0 Å². The van der Waals surface area contributed by atoms with E-state index in [-0.39, 0.29) is 0 Å². The monoisotopic (exact) mass is 204 g/mol. The van der Waals surface area contributed by atoms with E-state index in [9.17, 15) is 4.79 Å². The lowest BCUT2D eigenvalue weighted by Gasteiger charge is -2.20. The summed E-state index contributed by atoms with van der Waals surface area (Å²) in [5.74, 6) is -0.921. The zero-order valence-corrected chi connectivity index (χ0v) is 8.64. The lowest BCUT2D eigenvalue weighted by atomic mass is 10.0. The average molecular weight is 204 g/mol.